The fraction of sp³-hybridized carbons (Fsp3) is 0.625. The number of hydrogen-bond acceptors (Lipinski definition) is 2. The molecule has 1 fully saturated rings. The lowest BCUT2D eigenvalue weighted by molar-refractivity contribution is 0.426. The average molecular weight is 313 g/mol. The first-order valence-electron chi connectivity index (χ1n) is 7.77. The highest BCUT2D eigenvalue weighted by Gasteiger charge is 2.16. The first-order chi connectivity index (χ1) is 10.1. The van der Waals surface area contributed by atoms with Crippen molar-refractivity contribution in [3.63, 3.8) is 0 Å². The highest BCUT2D eigenvalue weighted by Crippen LogP contribution is 2.25. The second kappa shape index (κ2) is 7.90. The Bertz CT molecular complexity index is 537. The van der Waals surface area contributed by atoms with Gasteiger partial charge >= 0.3 is 0 Å². The Morgan fingerprint density at radius 1 is 1.10 bits per heavy atom. The molecule has 0 aliphatic heterocycles. The molecule has 0 amide bonds. The molecule has 1 aliphatic carbocycles. The van der Waals surface area contributed by atoms with Crippen LogP contribution in [0.3, 0.4) is 0 Å². The smallest absolute Gasteiger partial charge is 0.215 e. The standard InChI is InChI=1S/C16H24FNO2S/c17-16-10-6-5-9-15(16)13-21(19,20)18-12-11-14-7-3-1-2-4-8-14/h5-6,9-10,14,18H,1-4,7-8,11-13H2. The van der Waals surface area contributed by atoms with Gasteiger partial charge in [-0.15, -0.1) is 0 Å². The second-order valence-corrected chi connectivity index (χ2v) is 7.70. The predicted molar refractivity (Wildman–Crippen MR) is 82.8 cm³/mol. The molecule has 1 aromatic carbocycles. The third-order valence-electron chi connectivity index (χ3n) is 4.15. The molecule has 0 atom stereocenters. The summed E-state index contributed by atoms with van der Waals surface area (Å²) in [5, 5.41) is 0. The van der Waals surface area contributed by atoms with E-state index in [0.717, 1.165) is 6.42 Å². The van der Waals surface area contributed by atoms with E-state index >= 15 is 0 Å². The van der Waals surface area contributed by atoms with Gasteiger partial charge in [-0.2, -0.15) is 0 Å². The first kappa shape index (κ1) is 16.4. The van der Waals surface area contributed by atoms with Crippen molar-refractivity contribution in [2.24, 2.45) is 5.92 Å². The maximum Gasteiger partial charge on any atom is 0.215 e. The third-order valence-corrected chi connectivity index (χ3v) is 5.49. The summed E-state index contributed by atoms with van der Waals surface area (Å²) in [5.74, 6) is -0.125. The molecule has 118 valence electrons. The van der Waals surface area contributed by atoms with E-state index < -0.39 is 15.8 Å². The highest BCUT2D eigenvalue weighted by molar-refractivity contribution is 7.88. The lowest BCUT2D eigenvalue weighted by atomic mass is 9.97. The van der Waals surface area contributed by atoms with Crippen LogP contribution in [0.1, 0.15) is 50.5 Å². The van der Waals surface area contributed by atoms with E-state index in [1.807, 2.05) is 0 Å². The van der Waals surface area contributed by atoms with Gasteiger partial charge in [-0.25, -0.2) is 17.5 Å². The van der Waals surface area contributed by atoms with E-state index in [0.29, 0.717) is 12.5 Å². The summed E-state index contributed by atoms with van der Waals surface area (Å²) >= 11 is 0. The summed E-state index contributed by atoms with van der Waals surface area (Å²) in [4.78, 5) is 0. The van der Waals surface area contributed by atoms with Crippen LogP contribution in [0.2, 0.25) is 0 Å². The van der Waals surface area contributed by atoms with Crippen molar-refractivity contribution in [3.05, 3.63) is 35.6 Å². The highest BCUT2D eigenvalue weighted by atomic mass is 32.2. The molecule has 0 aromatic heterocycles. The van der Waals surface area contributed by atoms with E-state index in [-0.39, 0.29) is 11.3 Å². The third kappa shape index (κ3) is 5.75. The van der Waals surface area contributed by atoms with E-state index in [9.17, 15) is 12.8 Å². The van der Waals surface area contributed by atoms with E-state index in [1.165, 1.54) is 50.7 Å². The molecule has 21 heavy (non-hydrogen) atoms. The maximum atomic E-state index is 13.5. The van der Waals surface area contributed by atoms with Gasteiger partial charge in [0.25, 0.3) is 0 Å². The Morgan fingerprint density at radius 2 is 1.76 bits per heavy atom. The summed E-state index contributed by atoms with van der Waals surface area (Å²) in [7, 11) is -3.46. The number of hydrogen-bond donors (Lipinski definition) is 1. The number of rotatable bonds is 6. The Balaban J connectivity index is 1.80. The van der Waals surface area contributed by atoms with Crippen LogP contribution in [0.25, 0.3) is 0 Å². The Hall–Kier alpha value is -0.940. The van der Waals surface area contributed by atoms with E-state index in [4.69, 9.17) is 0 Å². The van der Waals surface area contributed by atoms with Gasteiger partial charge in [-0.3, -0.25) is 0 Å². The molecule has 1 aromatic rings. The van der Waals surface area contributed by atoms with Gasteiger partial charge in [0.1, 0.15) is 5.82 Å². The monoisotopic (exact) mass is 313 g/mol. The second-order valence-electron chi connectivity index (χ2n) is 5.89. The van der Waals surface area contributed by atoms with Crippen LogP contribution in [-0.2, 0) is 15.8 Å². The zero-order chi connectivity index (χ0) is 15.1. The normalized spacial score (nSPS) is 17.6. The summed E-state index contributed by atoms with van der Waals surface area (Å²) in [6.45, 7) is 0.460. The topological polar surface area (TPSA) is 46.2 Å². The Kier molecular flexibility index (Phi) is 6.18. The summed E-state index contributed by atoms with van der Waals surface area (Å²) in [6.07, 6.45) is 8.41. The van der Waals surface area contributed by atoms with Crippen LogP contribution in [-0.4, -0.2) is 15.0 Å². The fourth-order valence-corrected chi connectivity index (χ4v) is 4.12. The number of halogens is 1. The van der Waals surface area contributed by atoms with Crippen LogP contribution in [0.15, 0.2) is 24.3 Å². The molecule has 5 heteroatoms. The lowest BCUT2D eigenvalue weighted by Gasteiger charge is -2.14. The van der Waals surface area contributed by atoms with Gasteiger partial charge in [0.05, 0.1) is 5.75 Å². The molecule has 0 heterocycles. The Labute approximate surface area is 127 Å². The number of sulfonamides is 1. The molecule has 0 radical (unpaired) electrons. The minimum absolute atomic E-state index is 0.222. The maximum absolute atomic E-state index is 13.5. The van der Waals surface area contributed by atoms with Crippen molar-refractivity contribution in [1.29, 1.82) is 0 Å². The van der Waals surface area contributed by atoms with Gasteiger partial charge in [0.15, 0.2) is 0 Å². The van der Waals surface area contributed by atoms with Gasteiger partial charge in [-0.1, -0.05) is 56.7 Å². The molecule has 0 bridgehead atoms. The lowest BCUT2D eigenvalue weighted by Crippen LogP contribution is -2.27. The molecule has 0 spiro atoms. The van der Waals surface area contributed by atoms with Crippen LogP contribution in [0.4, 0.5) is 4.39 Å². The SMILES string of the molecule is O=S(=O)(Cc1ccccc1F)NCCC1CCCCCC1. The molecule has 1 N–H and O–H groups in total. The van der Waals surface area contributed by atoms with Gasteiger partial charge < -0.3 is 0 Å². The van der Waals surface area contributed by atoms with Crippen molar-refractivity contribution >= 4 is 10.0 Å². The molecular formula is C16H24FNO2S. The van der Waals surface area contributed by atoms with Gasteiger partial charge in [0.2, 0.25) is 10.0 Å². The summed E-state index contributed by atoms with van der Waals surface area (Å²) < 4.78 is 40.1. The van der Waals surface area contributed by atoms with E-state index in [1.54, 1.807) is 12.1 Å². The van der Waals surface area contributed by atoms with Crippen LogP contribution in [0.5, 0.6) is 0 Å². The quantitative estimate of drug-likeness (QED) is 0.816. The summed E-state index contributed by atoms with van der Waals surface area (Å²) in [5.41, 5.74) is 0.222. The van der Waals surface area contributed by atoms with Crippen LogP contribution < -0.4 is 4.72 Å². The van der Waals surface area contributed by atoms with Crippen molar-refractivity contribution in [2.75, 3.05) is 6.54 Å². The van der Waals surface area contributed by atoms with Crippen molar-refractivity contribution < 1.29 is 12.8 Å². The summed E-state index contributed by atoms with van der Waals surface area (Å²) in [6, 6.07) is 6.01. The van der Waals surface area contributed by atoms with Gasteiger partial charge in [0, 0.05) is 12.1 Å². The van der Waals surface area contributed by atoms with Crippen molar-refractivity contribution in [3.8, 4) is 0 Å². The van der Waals surface area contributed by atoms with Crippen molar-refractivity contribution in [2.45, 2.75) is 50.7 Å². The molecular weight excluding hydrogens is 289 g/mol. The largest absolute Gasteiger partial charge is 0.215 e. The minimum Gasteiger partial charge on any atom is -0.215 e. The first-order valence-corrected chi connectivity index (χ1v) is 9.43. The van der Waals surface area contributed by atoms with Crippen molar-refractivity contribution in [1.82, 2.24) is 4.72 Å². The predicted octanol–water partition coefficient (Wildman–Crippen LogP) is 3.61. The average Bonchev–Trinajstić information content (AvgIpc) is 2.70. The fourth-order valence-electron chi connectivity index (χ4n) is 2.94. The minimum atomic E-state index is -3.46. The van der Waals surface area contributed by atoms with E-state index in [2.05, 4.69) is 4.72 Å². The molecule has 1 saturated carbocycles. The molecule has 3 nitrogen and oxygen atoms in total. The zero-order valence-electron chi connectivity index (χ0n) is 12.4. The Morgan fingerprint density at radius 3 is 2.43 bits per heavy atom. The molecule has 2 rings (SSSR count). The van der Waals surface area contributed by atoms with Gasteiger partial charge in [-0.05, 0) is 18.4 Å². The number of nitrogens with one attached hydrogen (secondary N) is 1. The number of benzene rings is 1. The molecule has 0 saturated heterocycles. The molecule has 0 unspecified atom stereocenters. The zero-order valence-corrected chi connectivity index (χ0v) is 13.2. The van der Waals surface area contributed by atoms with Crippen LogP contribution in [0, 0.1) is 11.7 Å². The van der Waals surface area contributed by atoms with Crippen LogP contribution >= 0.6 is 0 Å². The molecule has 1 aliphatic rings.